The summed E-state index contributed by atoms with van der Waals surface area (Å²) in [7, 11) is 2.89. The first-order valence-corrected chi connectivity index (χ1v) is 8.48. The van der Waals surface area contributed by atoms with Crippen molar-refractivity contribution in [1.82, 2.24) is 10.3 Å². The Hall–Kier alpha value is -3.01. The predicted molar refractivity (Wildman–Crippen MR) is 100 cm³/mol. The van der Waals surface area contributed by atoms with Crippen LogP contribution in [-0.2, 0) is 16.0 Å². The molecule has 2 rings (SSSR count). The van der Waals surface area contributed by atoms with Gasteiger partial charge in [0.2, 0.25) is 0 Å². The third-order valence-corrected chi connectivity index (χ3v) is 3.72. The minimum atomic E-state index is -0.602. The van der Waals surface area contributed by atoms with Gasteiger partial charge in [-0.25, -0.2) is 9.18 Å². The van der Waals surface area contributed by atoms with Crippen molar-refractivity contribution in [2.24, 2.45) is 0 Å². The molecule has 0 aliphatic carbocycles. The molecule has 6 nitrogen and oxygen atoms in total. The topological polar surface area (TPSA) is 80.4 Å². The lowest BCUT2D eigenvalue weighted by molar-refractivity contribution is -0.147. The molecule has 7 heteroatoms. The molecule has 0 fully saturated rings. The average Bonchev–Trinajstić information content (AvgIpc) is 2.93. The summed E-state index contributed by atoms with van der Waals surface area (Å²) in [6.45, 7) is 5.29. The number of amides is 1. The van der Waals surface area contributed by atoms with E-state index in [1.165, 1.54) is 20.2 Å². The third kappa shape index (κ3) is 5.00. The molecule has 2 N–H and O–H groups in total. The summed E-state index contributed by atoms with van der Waals surface area (Å²) >= 11 is 0. The van der Waals surface area contributed by atoms with Crippen molar-refractivity contribution in [3.05, 3.63) is 29.2 Å². The largest absolute Gasteiger partial charge is 0.494 e. The van der Waals surface area contributed by atoms with E-state index in [4.69, 9.17) is 9.47 Å². The number of methoxy groups -OCH3 is 1. The van der Waals surface area contributed by atoms with E-state index in [1.807, 2.05) is 0 Å². The Labute approximate surface area is 157 Å². The predicted octanol–water partition coefficient (Wildman–Crippen LogP) is 2.95. The highest BCUT2D eigenvalue weighted by Gasteiger charge is 2.19. The van der Waals surface area contributed by atoms with Crippen LogP contribution in [0.15, 0.2) is 12.1 Å². The smallest absolute Gasteiger partial charge is 0.384 e. The second-order valence-corrected chi connectivity index (χ2v) is 6.89. The van der Waals surface area contributed by atoms with E-state index in [9.17, 15) is 14.0 Å². The van der Waals surface area contributed by atoms with Crippen LogP contribution in [0.3, 0.4) is 0 Å². The SMILES string of the molecule is CNC(=O)c1[nH]c2cc(F)c(OC)cc2c1CCC#CC(=O)OC(C)(C)C. The summed E-state index contributed by atoms with van der Waals surface area (Å²) < 4.78 is 24.1. The Kier molecular flexibility index (Phi) is 6.11. The minimum Gasteiger partial charge on any atom is -0.494 e. The van der Waals surface area contributed by atoms with Crippen LogP contribution in [0, 0.1) is 17.7 Å². The van der Waals surface area contributed by atoms with Crippen LogP contribution in [0.25, 0.3) is 10.9 Å². The molecule has 0 aliphatic rings. The molecule has 0 bridgehead atoms. The summed E-state index contributed by atoms with van der Waals surface area (Å²) in [4.78, 5) is 26.8. The van der Waals surface area contributed by atoms with E-state index in [0.29, 0.717) is 35.0 Å². The normalized spacial score (nSPS) is 10.9. The summed E-state index contributed by atoms with van der Waals surface area (Å²) in [5.41, 5.74) is 0.901. The number of hydrogen-bond donors (Lipinski definition) is 2. The lowest BCUT2D eigenvalue weighted by Crippen LogP contribution is -2.22. The first kappa shape index (κ1) is 20.3. The van der Waals surface area contributed by atoms with Crippen molar-refractivity contribution in [3.63, 3.8) is 0 Å². The maximum atomic E-state index is 14.0. The standard InChI is InChI=1S/C20H23FN2O4/c1-20(2,3)27-17(24)9-7-6-8-12-13-10-16(26-5)14(21)11-15(13)23-18(12)19(25)22-4/h10-11,23H,6,8H2,1-5H3,(H,22,25). The number of nitrogens with one attached hydrogen (secondary N) is 2. The first-order chi connectivity index (χ1) is 12.7. The number of halogens is 1. The van der Waals surface area contributed by atoms with Gasteiger partial charge in [0.05, 0.1) is 7.11 Å². The molecule has 0 saturated carbocycles. The molecular weight excluding hydrogens is 351 g/mol. The number of aromatic nitrogens is 1. The zero-order valence-electron chi connectivity index (χ0n) is 16.1. The number of carbonyl (C=O) groups excluding carboxylic acids is 2. The molecule has 0 atom stereocenters. The zero-order valence-corrected chi connectivity index (χ0v) is 16.1. The fourth-order valence-electron chi connectivity index (χ4n) is 2.61. The van der Waals surface area contributed by atoms with Gasteiger partial charge in [-0.2, -0.15) is 0 Å². The van der Waals surface area contributed by atoms with Crippen LogP contribution in [0.1, 0.15) is 43.2 Å². The maximum Gasteiger partial charge on any atom is 0.384 e. The number of aryl methyl sites for hydroxylation is 1. The van der Waals surface area contributed by atoms with E-state index in [0.717, 1.165) is 0 Å². The fraction of sp³-hybridized carbons (Fsp3) is 0.400. The van der Waals surface area contributed by atoms with Crippen LogP contribution in [0.4, 0.5) is 4.39 Å². The van der Waals surface area contributed by atoms with Crippen molar-refractivity contribution < 1.29 is 23.5 Å². The third-order valence-electron chi connectivity index (χ3n) is 3.72. The quantitative estimate of drug-likeness (QED) is 0.490. The van der Waals surface area contributed by atoms with Gasteiger partial charge in [-0.15, -0.1) is 0 Å². The number of esters is 1. The molecule has 1 aromatic heterocycles. The number of fused-ring (bicyclic) bond motifs is 1. The molecule has 27 heavy (non-hydrogen) atoms. The molecule has 0 spiro atoms. The summed E-state index contributed by atoms with van der Waals surface area (Å²) in [6.07, 6.45) is 0.725. The Morgan fingerprint density at radius 3 is 2.59 bits per heavy atom. The van der Waals surface area contributed by atoms with Crippen LogP contribution in [-0.4, -0.2) is 36.6 Å². The fourth-order valence-corrected chi connectivity index (χ4v) is 2.61. The van der Waals surface area contributed by atoms with Crippen molar-refractivity contribution in [2.75, 3.05) is 14.2 Å². The maximum absolute atomic E-state index is 14.0. The van der Waals surface area contributed by atoms with Crippen LogP contribution < -0.4 is 10.1 Å². The zero-order chi connectivity index (χ0) is 20.2. The molecule has 0 saturated heterocycles. The Balaban J connectivity index is 2.30. The molecule has 0 aliphatic heterocycles. The van der Waals surface area contributed by atoms with Crippen LogP contribution in [0.2, 0.25) is 0 Å². The van der Waals surface area contributed by atoms with E-state index in [-0.39, 0.29) is 11.7 Å². The van der Waals surface area contributed by atoms with Gasteiger partial charge in [-0.1, -0.05) is 5.92 Å². The van der Waals surface area contributed by atoms with Gasteiger partial charge in [0.1, 0.15) is 11.3 Å². The van der Waals surface area contributed by atoms with Crippen molar-refractivity contribution in [2.45, 2.75) is 39.2 Å². The van der Waals surface area contributed by atoms with Crippen LogP contribution in [0.5, 0.6) is 5.75 Å². The van der Waals surface area contributed by atoms with E-state index >= 15 is 0 Å². The Morgan fingerprint density at radius 2 is 2.00 bits per heavy atom. The molecule has 144 valence electrons. The van der Waals surface area contributed by atoms with Gasteiger partial charge in [-0.3, -0.25) is 4.79 Å². The number of carbonyl (C=O) groups is 2. The number of H-pyrrole nitrogens is 1. The number of hydrogen-bond acceptors (Lipinski definition) is 4. The van der Waals surface area contributed by atoms with Gasteiger partial charge >= 0.3 is 5.97 Å². The lowest BCUT2D eigenvalue weighted by atomic mass is 10.0. The lowest BCUT2D eigenvalue weighted by Gasteiger charge is -2.16. The minimum absolute atomic E-state index is 0.0889. The van der Waals surface area contributed by atoms with Crippen LogP contribution >= 0.6 is 0 Å². The van der Waals surface area contributed by atoms with Crippen molar-refractivity contribution in [3.8, 4) is 17.6 Å². The summed E-state index contributed by atoms with van der Waals surface area (Å²) in [6, 6.07) is 2.83. The number of rotatable bonds is 4. The van der Waals surface area contributed by atoms with Gasteiger partial charge in [0.15, 0.2) is 11.6 Å². The molecule has 1 amide bonds. The number of benzene rings is 1. The van der Waals surface area contributed by atoms with Gasteiger partial charge in [0.25, 0.3) is 5.91 Å². The summed E-state index contributed by atoms with van der Waals surface area (Å²) in [5.74, 6) is 3.84. The van der Waals surface area contributed by atoms with E-state index in [1.54, 1.807) is 26.8 Å². The second-order valence-electron chi connectivity index (χ2n) is 6.89. The Morgan fingerprint density at radius 1 is 1.30 bits per heavy atom. The highest BCUT2D eigenvalue weighted by atomic mass is 19.1. The monoisotopic (exact) mass is 374 g/mol. The molecule has 1 aromatic carbocycles. The Bertz CT molecular complexity index is 929. The van der Waals surface area contributed by atoms with Gasteiger partial charge < -0.3 is 19.8 Å². The molecular formula is C20H23FN2O4. The number of aromatic amines is 1. The molecule has 2 aromatic rings. The highest BCUT2D eigenvalue weighted by molar-refractivity contribution is 6.01. The van der Waals surface area contributed by atoms with E-state index in [2.05, 4.69) is 22.1 Å². The molecule has 1 heterocycles. The van der Waals surface area contributed by atoms with Gasteiger partial charge in [0, 0.05) is 36.4 Å². The number of ether oxygens (including phenoxy) is 2. The highest BCUT2D eigenvalue weighted by Crippen LogP contribution is 2.30. The van der Waals surface area contributed by atoms with Crippen molar-refractivity contribution >= 4 is 22.8 Å². The van der Waals surface area contributed by atoms with Crippen molar-refractivity contribution in [1.29, 1.82) is 0 Å². The average molecular weight is 374 g/mol. The van der Waals surface area contributed by atoms with E-state index < -0.39 is 17.4 Å². The first-order valence-electron chi connectivity index (χ1n) is 8.48. The second kappa shape index (κ2) is 8.12. The molecule has 0 radical (unpaired) electrons. The van der Waals surface area contributed by atoms with Gasteiger partial charge in [-0.05, 0) is 38.8 Å². The summed E-state index contributed by atoms with van der Waals surface area (Å²) in [5, 5.41) is 3.23. The molecule has 0 unspecified atom stereocenters.